The van der Waals surface area contributed by atoms with Crippen LogP contribution in [0, 0.1) is 23.2 Å². The second kappa shape index (κ2) is 6.81. The molecule has 1 aliphatic rings. The summed E-state index contributed by atoms with van der Waals surface area (Å²) >= 11 is 0. The molecule has 2 atom stereocenters. The first-order valence-corrected chi connectivity index (χ1v) is 8.41. The van der Waals surface area contributed by atoms with Gasteiger partial charge in [-0.05, 0) is 48.6 Å². The van der Waals surface area contributed by atoms with Gasteiger partial charge in [0.1, 0.15) is 0 Å². The molecule has 4 nitrogen and oxygen atoms in total. The average molecular weight is 319 g/mol. The Hall–Kier alpha value is -1.71. The first kappa shape index (κ1) is 17.6. The van der Waals surface area contributed by atoms with Crippen LogP contribution in [0.4, 0.5) is 5.69 Å². The summed E-state index contributed by atoms with van der Waals surface area (Å²) in [4.78, 5) is 12.8. The van der Waals surface area contributed by atoms with Gasteiger partial charge >= 0.3 is 0 Å². The van der Waals surface area contributed by atoms with Crippen LogP contribution in [-0.2, 0) is 4.79 Å². The van der Waals surface area contributed by atoms with E-state index in [0.29, 0.717) is 23.3 Å². The monoisotopic (exact) mass is 319 g/mol. The lowest BCUT2D eigenvalue weighted by Gasteiger charge is -2.41. The maximum Gasteiger partial charge on any atom is 0.227 e. The van der Waals surface area contributed by atoms with Crippen LogP contribution >= 0.6 is 0 Å². The highest BCUT2D eigenvalue weighted by Gasteiger charge is 2.39. The highest BCUT2D eigenvalue weighted by Crippen LogP contribution is 2.45. The SMILES string of the molecule is COc1ccc(NC(=O)[C@H]2CC(C)(C)CC[C@@H]2C(C)C)cc1O. The molecular formula is C19H29NO3. The molecule has 1 aromatic carbocycles. The third-order valence-electron chi connectivity index (χ3n) is 5.08. The van der Waals surface area contributed by atoms with Gasteiger partial charge in [0.2, 0.25) is 5.91 Å². The van der Waals surface area contributed by atoms with Gasteiger partial charge < -0.3 is 15.2 Å². The van der Waals surface area contributed by atoms with Gasteiger partial charge in [0.15, 0.2) is 11.5 Å². The number of aromatic hydroxyl groups is 1. The number of rotatable bonds is 4. The molecule has 0 aliphatic heterocycles. The first-order chi connectivity index (χ1) is 10.7. The van der Waals surface area contributed by atoms with Crippen LogP contribution in [-0.4, -0.2) is 18.1 Å². The minimum atomic E-state index is 0.0167. The number of anilines is 1. The summed E-state index contributed by atoms with van der Waals surface area (Å²) in [7, 11) is 1.50. The predicted molar refractivity (Wildman–Crippen MR) is 92.7 cm³/mol. The molecule has 1 fully saturated rings. The second-order valence-corrected chi connectivity index (χ2v) is 7.80. The molecule has 0 saturated heterocycles. The molecule has 0 aromatic heterocycles. The lowest BCUT2D eigenvalue weighted by molar-refractivity contribution is -0.125. The van der Waals surface area contributed by atoms with Gasteiger partial charge in [-0.15, -0.1) is 0 Å². The molecule has 128 valence electrons. The summed E-state index contributed by atoms with van der Waals surface area (Å²) in [6.07, 6.45) is 3.17. The van der Waals surface area contributed by atoms with E-state index in [1.54, 1.807) is 12.1 Å². The second-order valence-electron chi connectivity index (χ2n) is 7.80. The molecule has 0 heterocycles. The molecule has 0 bridgehead atoms. The van der Waals surface area contributed by atoms with Crippen molar-refractivity contribution in [3.8, 4) is 11.5 Å². The van der Waals surface area contributed by atoms with Crippen molar-refractivity contribution in [2.24, 2.45) is 23.2 Å². The van der Waals surface area contributed by atoms with Crippen LogP contribution in [0.2, 0.25) is 0 Å². The van der Waals surface area contributed by atoms with Crippen LogP contribution < -0.4 is 10.1 Å². The fraction of sp³-hybridized carbons (Fsp3) is 0.632. The van der Waals surface area contributed by atoms with E-state index in [2.05, 4.69) is 33.0 Å². The van der Waals surface area contributed by atoms with Crippen molar-refractivity contribution in [1.29, 1.82) is 0 Å². The Labute approximate surface area is 139 Å². The van der Waals surface area contributed by atoms with Gasteiger partial charge in [0.25, 0.3) is 0 Å². The Bertz CT molecular complexity index is 566. The topological polar surface area (TPSA) is 58.6 Å². The number of hydrogen-bond donors (Lipinski definition) is 2. The van der Waals surface area contributed by atoms with Crippen molar-refractivity contribution in [2.45, 2.75) is 47.0 Å². The van der Waals surface area contributed by atoms with Crippen molar-refractivity contribution >= 4 is 11.6 Å². The number of ether oxygens (including phenoxy) is 1. The standard InChI is InChI=1S/C19H29NO3/c1-12(2)14-8-9-19(3,4)11-15(14)18(22)20-13-6-7-17(23-5)16(21)10-13/h6-7,10,12,14-15,21H,8-9,11H2,1-5H3,(H,20,22)/t14-,15+/m1/s1. The third kappa shape index (κ3) is 4.18. The normalized spacial score (nSPS) is 23.6. The molecule has 4 heteroatoms. The van der Waals surface area contributed by atoms with E-state index >= 15 is 0 Å². The Morgan fingerprint density at radius 2 is 2.09 bits per heavy atom. The highest BCUT2D eigenvalue weighted by atomic mass is 16.5. The number of nitrogens with one attached hydrogen (secondary N) is 1. The number of amides is 1. The van der Waals surface area contributed by atoms with Crippen molar-refractivity contribution in [2.75, 3.05) is 12.4 Å². The van der Waals surface area contributed by atoms with Gasteiger partial charge in [-0.2, -0.15) is 0 Å². The van der Waals surface area contributed by atoms with Crippen molar-refractivity contribution in [3.63, 3.8) is 0 Å². The summed E-state index contributed by atoms with van der Waals surface area (Å²) in [6, 6.07) is 4.96. The Kier molecular flexibility index (Phi) is 5.23. The summed E-state index contributed by atoms with van der Waals surface area (Å²) < 4.78 is 5.03. The molecule has 1 amide bonds. The van der Waals surface area contributed by atoms with Crippen molar-refractivity contribution in [1.82, 2.24) is 0 Å². The Morgan fingerprint density at radius 1 is 1.39 bits per heavy atom. The molecule has 0 radical (unpaired) electrons. The van der Waals surface area contributed by atoms with Gasteiger partial charge in [0.05, 0.1) is 7.11 Å². The van der Waals surface area contributed by atoms with Gasteiger partial charge in [0, 0.05) is 17.7 Å². The van der Waals surface area contributed by atoms with Crippen LogP contribution in [0.5, 0.6) is 11.5 Å². The zero-order valence-electron chi connectivity index (χ0n) is 14.8. The zero-order valence-corrected chi connectivity index (χ0v) is 14.8. The molecule has 2 N–H and O–H groups in total. The fourth-order valence-corrected chi connectivity index (χ4v) is 3.70. The van der Waals surface area contributed by atoms with E-state index in [1.165, 1.54) is 19.6 Å². The lowest BCUT2D eigenvalue weighted by Crippen LogP contribution is -2.39. The number of carbonyl (C=O) groups is 1. The molecule has 2 rings (SSSR count). The maximum absolute atomic E-state index is 12.8. The van der Waals surface area contributed by atoms with Gasteiger partial charge in [-0.25, -0.2) is 0 Å². The fourth-order valence-electron chi connectivity index (χ4n) is 3.70. The molecule has 1 saturated carbocycles. The molecular weight excluding hydrogens is 290 g/mol. The molecule has 23 heavy (non-hydrogen) atoms. The number of hydrogen-bond acceptors (Lipinski definition) is 3. The van der Waals surface area contributed by atoms with E-state index in [-0.39, 0.29) is 23.0 Å². The number of phenols is 1. The van der Waals surface area contributed by atoms with E-state index in [1.807, 2.05) is 0 Å². The quantitative estimate of drug-likeness (QED) is 0.862. The number of benzene rings is 1. The van der Waals surface area contributed by atoms with Crippen LogP contribution in [0.25, 0.3) is 0 Å². The highest BCUT2D eigenvalue weighted by molar-refractivity contribution is 5.93. The largest absolute Gasteiger partial charge is 0.504 e. The van der Waals surface area contributed by atoms with Crippen molar-refractivity contribution in [3.05, 3.63) is 18.2 Å². The van der Waals surface area contributed by atoms with E-state index < -0.39 is 0 Å². The molecule has 1 aromatic rings. The van der Waals surface area contributed by atoms with Gasteiger partial charge in [-0.1, -0.05) is 27.7 Å². The predicted octanol–water partition coefficient (Wildman–Crippen LogP) is 4.44. The number of methoxy groups -OCH3 is 1. The van der Waals surface area contributed by atoms with Crippen LogP contribution in [0.1, 0.15) is 47.0 Å². The summed E-state index contributed by atoms with van der Waals surface area (Å²) in [5, 5.41) is 12.8. The lowest BCUT2D eigenvalue weighted by atomic mass is 9.64. The number of phenolic OH excluding ortho intramolecular Hbond substituents is 1. The smallest absolute Gasteiger partial charge is 0.227 e. The Balaban J connectivity index is 2.15. The van der Waals surface area contributed by atoms with E-state index in [9.17, 15) is 9.90 Å². The van der Waals surface area contributed by atoms with Crippen LogP contribution in [0.3, 0.4) is 0 Å². The summed E-state index contributed by atoms with van der Waals surface area (Å²) in [6.45, 7) is 8.87. The maximum atomic E-state index is 12.8. The van der Waals surface area contributed by atoms with Gasteiger partial charge in [-0.3, -0.25) is 4.79 Å². The molecule has 0 unspecified atom stereocenters. The van der Waals surface area contributed by atoms with E-state index in [4.69, 9.17) is 4.74 Å². The van der Waals surface area contributed by atoms with Crippen molar-refractivity contribution < 1.29 is 14.6 Å². The molecule has 1 aliphatic carbocycles. The molecule has 0 spiro atoms. The minimum absolute atomic E-state index is 0.0167. The number of carbonyl (C=O) groups excluding carboxylic acids is 1. The average Bonchev–Trinajstić information content (AvgIpc) is 2.46. The summed E-state index contributed by atoms with van der Waals surface area (Å²) in [5.74, 6) is 1.42. The minimum Gasteiger partial charge on any atom is -0.504 e. The van der Waals surface area contributed by atoms with E-state index in [0.717, 1.165) is 12.8 Å². The Morgan fingerprint density at radius 3 is 2.65 bits per heavy atom. The summed E-state index contributed by atoms with van der Waals surface area (Å²) in [5.41, 5.74) is 0.814. The zero-order chi connectivity index (χ0) is 17.2. The first-order valence-electron chi connectivity index (χ1n) is 8.41. The van der Waals surface area contributed by atoms with Crippen LogP contribution in [0.15, 0.2) is 18.2 Å². The third-order valence-corrected chi connectivity index (χ3v) is 5.08.